The average Bonchev–Trinajstić information content (AvgIpc) is 2.82. The van der Waals surface area contributed by atoms with Crippen LogP contribution in [0.5, 0.6) is 0 Å². The van der Waals surface area contributed by atoms with Gasteiger partial charge >= 0.3 is 0 Å². The maximum Gasteiger partial charge on any atom is 0.251 e. The number of fused-ring (bicyclic) bond motifs is 1. The molecular weight excluding hydrogens is 216 g/mol. The lowest BCUT2D eigenvalue weighted by Gasteiger charge is -2.10. The van der Waals surface area contributed by atoms with Crippen LogP contribution in [0.4, 0.5) is 0 Å². The maximum absolute atomic E-state index is 11.9. The van der Waals surface area contributed by atoms with Crippen molar-refractivity contribution in [3.8, 4) is 0 Å². The first-order valence-electron chi connectivity index (χ1n) is 5.92. The highest BCUT2D eigenvalue weighted by Crippen LogP contribution is 2.16. The minimum absolute atomic E-state index is 0.0694. The number of benzene rings is 1. The molecule has 1 heterocycles. The Morgan fingerprint density at radius 1 is 1.47 bits per heavy atom. The fraction of sp³-hybridized carbons (Fsp3) is 0.462. The van der Waals surface area contributed by atoms with Gasteiger partial charge in [0, 0.05) is 31.8 Å². The Balaban J connectivity index is 2.00. The van der Waals surface area contributed by atoms with Crippen molar-refractivity contribution >= 4 is 5.91 Å². The summed E-state index contributed by atoms with van der Waals surface area (Å²) in [4.78, 5) is 11.9. The van der Waals surface area contributed by atoms with Crippen LogP contribution in [0.3, 0.4) is 0 Å². The van der Waals surface area contributed by atoms with E-state index in [9.17, 15) is 4.79 Å². The van der Waals surface area contributed by atoms with Gasteiger partial charge in [-0.25, -0.2) is 0 Å². The molecule has 1 aliphatic heterocycles. The fourth-order valence-electron chi connectivity index (χ4n) is 1.87. The molecule has 2 rings (SSSR count). The largest absolute Gasteiger partial charge is 0.396 e. The van der Waals surface area contributed by atoms with Gasteiger partial charge in [0.15, 0.2) is 0 Å². The third-order valence-corrected chi connectivity index (χ3v) is 3.02. The van der Waals surface area contributed by atoms with Crippen LogP contribution in [0.25, 0.3) is 0 Å². The molecule has 0 aromatic heterocycles. The van der Waals surface area contributed by atoms with Crippen molar-refractivity contribution < 1.29 is 9.90 Å². The number of carbonyl (C=O) groups is 1. The Morgan fingerprint density at radius 2 is 2.24 bits per heavy atom. The SMILES string of the molecule is CC(CO)CNC(=O)c1ccc2c(c1)CNC2. The molecule has 1 unspecified atom stereocenters. The summed E-state index contributed by atoms with van der Waals surface area (Å²) in [6.07, 6.45) is 0. The highest BCUT2D eigenvalue weighted by molar-refractivity contribution is 5.94. The van der Waals surface area contributed by atoms with Gasteiger partial charge < -0.3 is 15.7 Å². The molecule has 0 fully saturated rings. The summed E-state index contributed by atoms with van der Waals surface area (Å²) in [5.74, 6) is 0.0232. The Labute approximate surface area is 101 Å². The predicted molar refractivity (Wildman–Crippen MR) is 65.6 cm³/mol. The molecule has 1 atom stereocenters. The monoisotopic (exact) mass is 234 g/mol. The van der Waals surface area contributed by atoms with Crippen LogP contribution < -0.4 is 10.6 Å². The molecule has 17 heavy (non-hydrogen) atoms. The van der Waals surface area contributed by atoms with Gasteiger partial charge in [-0.2, -0.15) is 0 Å². The zero-order valence-corrected chi connectivity index (χ0v) is 9.99. The van der Waals surface area contributed by atoms with Crippen molar-refractivity contribution in [3.05, 3.63) is 34.9 Å². The topological polar surface area (TPSA) is 61.4 Å². The molecule has 0 bridgehead atoms. The molecule has 1 aromatic rings. The Bertz CT molecular complexity index is 418. The van der Waals surface area contributed by atoms with Crippen molar-refractivity contribution in [3.63, 3.8) is 0 Å². The van der Waals surface area contributed by atoms with E-state index < -0.39 is 0 Å². The predicted octanol–water partition coefficient (Wildman–Crippen LogP) is 0.648. The van der Waals surface area contributed by atoms with E-state index in [2.05, 4.69) is 10.6 Å². The van der Waals surface area contributed by atoms with Gasteiger partial charge in [0.25, 0.3) is 5.91 Å². The molecule has 1 aliphatic rings. The molecule has 1 aromatic carbocycles. The Morgan fingerprint density at radius 3 is 3.00 bits per heavy atom. The summed E-state index contributed by atoms with van der Waals surface area (Å²) >= 11 is 0. The van der Waals surface area contributed by atoms with Gasteiger partial charge in [0.1, 0.15) is 0 Å². The quantitative estimate of drug-likeness (QED) is 0.717. The lowest BCUT2D eigenvalue weighted by atomic mass is 10.1. The molecule has 0 radical (unpaired) electrons. The van der Waals surface area contributed by atoms with Crippen molar-refractivity contribution in [1.82, 2.24) is 10.6 Å². The molecule has 0 aliphatic carbocycles. The molecule has 0 saturated carbocycles. The lowest BCUT2D eigenvalue weighted by Crippen LogP contribution is -2.29. The first-order chi connectivity index (χ1) is 8.20. The third kappa shape index (κ3) is 2.84. The van der Waals surface area contributed by atoms with Crippen LogP contribution in [0, 0.1) is 5.92 Å². The van der Waals surface area contributed by atoms with E-state index in [-0.39, 0.29) is 18.4 Å². The molecule has 0 spiro atoms. The standard InChI is InChI=1S/C13H18N2O2/c1-9(8-16)5-15-13(17)10-2-3-11-6-14-7-12(11)4-10/h2-4,9,14,16H,5-8H2,1H3,(H,15,17). The number of rotatable bonds is 4. The van der Waals surface area contributed by atoms with Crippen molar-refractivity contribution in [2.24, 2.45) is 5.92 Å². The number of hydrogen-bond donors (Lipinski definition) is 3. The summed E-state index contributed by atoms with van der Waals surface area (Å²) < 4.78 is 0. The van der Waals surface area contributed by atoms with Gasteiger partial charge in [-0.1, -0.05) is 13.0 Å². The van der Waals surface area contributed by atoms with Crippen molar-refractivity contribution in [2.45, 2.75) is 20.0 Å². The fourth-order valence-corrected chi connectivity index (χ4v) is 1.87. The van der Waals surface area contributed by atoms with E-state index in [0.29, 0.717) is 12.1 Å². The zero-order chi connectivity index (χ0) is 12.3. The van der Waals surface area contributed by atoms with E-state index in [1.807, 2.05) is 25.1 Å². The molecule has 3 N–H and O–H groups in total. The first-order valence-corrected chi connectivity index (χ1v) is 5.92. The van der Waals surface area contributed by atoms with Gasteiger partial charge in [0.2, 0.25) is 0 Å². The molecule has 0 saturated heterocycles. The Hall–Kier alpha value is -1.39. The maximum atomic E-state index is 11.9. The second kappa shape index (κ2) is 5.29. The second-order valence-corrected chi connectivity index (χ2v) is 4.58. The van der Waals surface area contributed by atoms with Crippen molar-refractivity contribution in [1.29, 1.82) is 0 Å². The van der Waals surface area contributed by atoms with Crippen LogP contribution in [0.2, 0.25) is 0 Å². The minimum atomic E-state index is -0.0694. The van der Waals surface area contributed by atoms with E-state index in [1.165, 1.54) is 11.1 Å². The van der Waals surface area contributed by atoms with E-state index in [4.69, 9.17) is 5.11 Å². The van der Waals surface area contributed by atoms with Gasteiger partial charge in [-0.05, 0) is 29.2 Å². The number of hydrogen-bond acceptors (Lipinski definition) is 3. The molecule has 92 valence electrons. The minimum Gasteiger partial charge on any atom is -0.396 e. The van der Waals surface area contributed by atoms with Crippen LogP contribution in [0.15, 0.2) is 18.2 Å². The van der Waals surface area contributed by atoms with Crippen LogP contribution in [0.1, 0.15) is 28.4 Å². The van der Waals surface area contributed by atoms with Crippen LogP contribution >= 0.6 is 0 Å². The van der Waals surface area contributed by atoms with Gasteiger partial charge in [-0.15, -0.1) is 0 Å². The summed E-state index contributed by atoms with van der Waals surface area (Å²) in [5, 5.41) is 15.0. The van der Waals surface area contributed by atoms with E-state index in [1.54, 1.807) is 0 Å². The first kappa shape index (κ1) is 12.1. The number of aliphatic hydroxyl groups excluding tert-OH is 1. The number of amides is 1. The van der Waals surface area contributed by atoms with Gasteiger partial charge in [0.05, 0.1) is 0 Å². The van der Waals surface area contributed by atoms with Gasteiger partial charge in [-0.3, -0.25) is 4.79 Å². The van der Waals surface area contributed by atoms with E-state index >= 15 is 0 Å². The summed E-state index contributed by atoms with van der Waals surface area (Å²) in [6, 6.07) is 5.79. The normalized spacial score (nSPS) is 15.4. The number of aliphatic hydroxyl groups is 1. The number of carbonyl (C=O) groups excluding carboxylic acids is 1. The average molecular weight is 234 g/mol. The summed E-state index contributed by atoms with van der Waals surface area (Å²) in [7, 11) is 0. The zero-order valence-electron chi connectivity index (χ0n) is 9.99. The van der Waals surface area contributed by atoms with E-state index in [0.717, 1.165) is 13.1 Å². The third-order valence-electron chi connectivity index (χ3n) is 3.02. The van der Waals surface area contributed by atoms with Crippen LogP contribution in [-0.4, -0.2) is 24.2 Å². The highest BCUT2D eigenvalue weighted by atomic mass is 16.3. The molecule has 4 nitrogen and oxygen atoms in total. The smallest absolute Gasteiger partial charge is 0.251 e. The summed E-state index contributed by atoms with van der Waals surface area (Å²) in [5.41, 5.74) is 3.16. The van der Waals surface area contributed by atoms with Crippen LogP contribution in [-0.2, 0) is 13.1 Å². The second-order valence-electron chi connectivity index (χ2n) is 4.58. The molecular formula is C13H18N2O2. The molecule has 4 heteroatoms. The van der Waals surface area contributed by atoms with Crippen molar-refractivity contribution in [2.75, 3.05) is 13.2 Å². The lowest BCUT2D eigenvalue weighted by molar-refractivity contribution is 0.0942. The summed E-state index contributed by atoms with van der Waals surface area (Å²) in [6.45, 7) is 4.22. The Kier molecular flexibility index (Phi) is 3.76. The highest BCUT2D eigenvalue weighted by Gasteiger charge is 2.13. The number of nitrogens with one attached hydrogen (secondary N) is 2. The molecule has 1 amide bonds.